The zero-order valence-corrected chi connectivity index (χ0v) is 12.1. The van der Waals surface area contributed by atoms with E-state index < -0.39 is 0 Å². The average Bonchev–Trinajstić information content (AvgIpc) is 2.57. The maximum absolute atomic E-state index is 12.0. The van der Waals surface area contributed by atoms with Crippen molar-refractivity contribution in [1.29, 1.82) is 0 Å². The normalized spacial score (nSPS) is 10.2. The Balaban J connectivity index is 1.74. The third-order valence-corrected chi connectivity index (χ3v) is 3.11. The number of benzene rings is 2. The molecule has 0 saturated carbocycles. The van der Waals surface area contributed by atoms with Crippen LogP contribution in [0, 0.1) is 6.92 Å². The summed E-state index contributed by atoms with van der Waals surface area (Å²) < 4.78 is 5.33. The molecule has 0 saturated heterocycles. The van der Waals surface area contributed by atoms with Gasteiger partial charge in [0, 0.05) is 18.0 Å². The van der Waals surface area contributed by atoms with E-state index in [-0.39, 0.29) is 5.97 Å². The fraction of sp³-hybridized carbons (Fsp3) is 0.0556. The fourth-order valence-electron chi connectivity index (χ4n) is 1.95. The van der Waals surface area contributed by atoms with Crippen molar-refractivity contribution < 1.29 is 9.53 Å². The van der Waals surface area contributed by atoms with Gasteiger partial charge >= 0.3 is 5.97 Å². The van der Waals surface area contributed by atoms with Crippen molar-refractivity contribution in [3.05, 3.63) is 78.1 Å². The van der Waals surface area contributed by atoms with Crippen molar-refractivity contribution in [2.75, 3.05) is 0 Å². The zero-order valence-electron chi connectivity index (χ0n) is 12.1. The highest BCUT2D eigenvalue weighted by Gasteiger charge is 2.08. The Bertz CT molecular complexity index is 766. The molecule has 0 N–H and O–H groups in total. The predicted molar refractivity (Wildman–Crippen MR) is 83.6 cm³/mol. The van der Waals surface area contributed by atoms with E-state index in [1.165, 1.54) is 0 Å². The van der Waals surface area contributed by atoms with Crippen LogP contribution in [0.5, 0.6) is 5.75 Å². The Hall–Kier alpha value is -3.01. The Labute approximate surface area is 128 Å². The molecule has 0 atom stereocenters. The molecule has 0 spiro atoms. The minimum Gasteiger partial charge on any atom is -0.423 e. The standard InChI is InChI=1S/C18H14N2O2/c1-13-11-19-17(20-12-13)14-7-9-16(10-8-14)22-18(21)15-5-3-2-4-6-15/h2-12H,1H3. The molecule has 108 valence electrons. The molecule has 0 aliphatic heterocycles. The van der Waals surface area contributed by atoms with Crippen LogP contribution in [0.15, 0.2) is 67.0 Å². The third-order valence-electron chi connectivity index (χ3n) is 3.11. The largest absolute Gasteiger partial charge is 0.423 e. The predicted octanol–water partition coefficient (Wildman–Crippen LogP) is 3.67. The highest BCUT2D eigenvalue weighted by Crippen LogP contribution is 2.20. The SMILES string of the molecule is Cc1cnc(-c2ccc(OC(=O)c3ccccc3)cc2)nc1. The highest BCUT2D eigenvalue weighted by molar-refractivity contribution is 5.91. The minimum atomic E-state index is -0.375. The lowest BCUT2D eigenvalue weighted by molar-refractivity contribution is 0.0735. The van der Waals surface area contributed by atoms with Gasteiger partial charge in [0.25, 0.3) is 0 Å². The number of hydrogen-bond donors (Lipinski definition) is 0. The molecule has 4 nitrogen and oxygen atoms in total. The molecule has 0 aliphatic carbocycles. The minimum absolute atomic E-state index is 0.375. The van der Waals surface area contributed by atoms with Crippen LogP contribution >= 0.6 is 0 Å². The lowest BCUT2D eigenvalue weighted by atomic mass is 10.2. The average molecular weight is 290 g/mol. The summed E-state index contributed by atoms with van der Waals surface area (Å²) in [6.07, 6.45) is 3.54. The topological polar surface area (TPSA) is 52.1 Å². The number of hydrogen-bond acceptors (Lipinski definition) is 4. The molecule has 3 rings (SSSR count). The van der Waals surface area contributed by atoms with E-state index in [0.717, 1.165) is 11.1 Å². The number of ether oxygens (including phenoxy) is 1. The number of nitrogens with zero attached hydrogens (tertiary/aromatic N) is 2. The van der Waals surface area contributed by atoms with Crippen molar-refractivity contribution in [1.82, 2.24) is 9.97 Å². The maximum Gasteiger partial charge on any atom is 0.343 e. The Kier molecular flexibility index (Phi) is 3.92. The quantitative estimate of drug-likeness (QED) is 0.545. The molecular weight excluding hydrogens is 276 g/mol. The van der Waals surface area contributed by atoms with Gasteiger partial charge in [0.15, 0.2) is 5.82 Å². The molecule has 2 aromatic carbocycles. The van der Waals surface area contributed by atoms with Crippen molar-refractivity contribution in [2.45, 2.75) is 6.92 Å². The van der Waals surface area contributed by atoms with E-state index >= 15 is 0 Å². The molecule has 0 fully saturated rings. The van der Waals surface area contributed by atoms with Crippen LogP contribution in [0.25, 0.3) is 11.4 Å². The monoisotopic (exact) mass is 290 g/mol. The van der Waals surface area contributed by atoms with Gasteiger partial charge < -0.3 is 4.74 Å². The summed E-state index contributed by atoms with van der Waals surface area (Å²) in [5, 5.41) is 0. The zero-order chi connectivity index (χ0) is 15.4. The van der Waals surface area contributed by atoms with Crippen LogP contribution in [-0.2, 0) is 0 Å². The van der Waals surface area contributed by atoms with Gasteiger partial charge in [-0.1, -0.05) is 18.2 Å². The van der Waals surface area contributed by atoms with Crippen LogP contribution in [-0.4, -0.2) is 15.9 Å². The molecule has 1 heterocycles. The number of esters is 1. The Morgan fingerprint density at radius 1 is 0.909 bits per heavy atom. The first kappa shape index (κ1) is 13.9. The number of rotatable bonds is 3. The second-order valence-electron chi connectivity index (χ2n) is 4.86. The second kappa shape index (κ2) is 6.18. The van der Waals surface area contributed by atoms with Crippen LogP contribution < -0.4 is 4.74 Å². The maximum atomic E-state index is 12.0. The summed E-state index contributed by atoms with van der Waals surface area (Å²) in [6.45, 7) is 1.94. The van der Waals surface area contributed by atoms with E-state index in [1.54, 1.807) is 48.8 Å². The van der Waals surface area contributed by atoms with Gasteiger partial charge in [0.1, 0.15) is 5.75 Å². The summed E-state index contributed by atoms with van der Waals surface area (Å²) in [4.78, 5) is 20.5. The Morgan fingerprint density at radius 3 is 2.18 bits per heavy atom. The van der Waals surface area contributed by atoms with Gasteiger partial charge in [-0.3, -0.25) is 0 Å². The van der Waals surface area contributed by atoms with Gasteiger partial charge in [-0.15, -0.1) is 0 Å². The van der Waals surface area contributed by atoms with Crippen molar-refractivity contribution >= 4 is 5.97 Å². The van der Waals surface area contributed by atoms with E-state index in [2.05, 4.69) is 9.97 Å². The van der Waals surface area contributed by atoms with E-state index in [4.69, 9.17) is 4.74 Å². The number of carbonyl (C=O) groups is 1. The number of aryl methyl sites for hydroxylation is 1. The lowest BCUT2D eigenvalue weighted by Crippen LogP contribution is -2.07. The van der Waals surface area contributed by atoms with Crippen molar-refractivity contribution in [3.63, 3.8) is 0 Å². The summed E-state index contributed by atoms with van der Waals surface area (Å²) in [6, 6.07) is 16.0. The molecule has 0 aliphatic rings. The summed E-state index contributed by atoms with van der Waals surface area (Å²) in [7, 11) is 0. The van der Waals surface area contributed by atoms with Gasteiger partial charge in [-0.25, -0.2) is 14.8 Å². The molecule has 22 heavy (non-hydrogen) atoms. The summed E-state index contributed by atoms with van der Waals surface area (Å²) >= 11 is 0. The van der Waals surface area contributed by atoms with Crippen LogP contribution in [0.1, 0.15) is 15.9 Å². The van der Waals surface area contributed by atoms with Gasteiger partial charge in [-0.2, -0.15) is 0 Å². The van der Waals surface area contributed by atoms with E-state index in [9.17, 15) is 4.79 Å². The first-order chi connectivity index (χ1) is 10.7. The number of aromatic nitrogens is 2. The first-order valence-corrected chi connectivity index (χ1v) is 6.89. The fourth-order valence-corrected chi connectivity index (χ4v) is 1.95. The molecular formula is C18H14N2O2. The molecule has 1 aromatic heterocycles. The smallest absolute Gasteiger partial charge is 0.343 e. The first-order valence-electron chi connectivity index (χ1n) is 6.89. The molecule has 0 amide bonds. The molecule has 0 bridgehead atoms. The molecule has 3 aromatic rings. The molecule has 0 radical (unpaired) electrons. The van der Waals surface area contributed by atoms with Gasteiger partial charge in [0.05, 0.1) is 5.56 Å². The molecule has 4 heteroatoms. The van der Waals surface area contributed by atoms with Crippen LogP contribution in [0.2, 0.25) is 0 Å². The Morgan fingerprint density at radius 2 is 1.55 bits per heavy atom. The molecule has 0 unspecified atom stereocenters. The van der Waals surface area contributed by atoms with Crippen LogP contribution in [0.4, 0.5) is 0 Å². The van der Waals surface area contributed by atoms with Gasteiger partial charge in [0.2, 0.25) is 0 Å². The van der Waals surface area contributed by atoms with E-state index in [0.29, 0.717) is 17.1 Å². The lowest BCUT2D eigenvalue weighted by Gasteiger charge is -2.05. The third kappa shape index (κ3) is 3.17. The number of carbonyl (C=O) groups excluding carboxylic acids is 1. The van der Waals surface area contributed by atoms with Gasteiger partial charge in [-0.05, 0) is 48.9 Å². The van der Waals surface area contributed by atoms with Crippen LogP contribution in [0.3, 0.4) is 0 Å². The second-order valence-corrected chi connectivity index (χ2v) is 4.86. The van der Waals surface area contributed by atoms with Crippen molar-refractivity contribution in [2.24, 2.45) is 0 Å². The van der Waals surface area contributed by atoms with Crippen molar-refractivity contribution in [3.8, 4) is 17.1 Å². The summed E-state index contributed by atoms with van der Waals surface area (Å²) in [5.74, 6) is 0.760. The summed E-state index contributed by atoms with van der Waals surface area (Å²) in [5.41, 5.74) is 2.41. The highest BCUT2D eigenvalue weighted by atomic mass is 16.5. The van der Waals surface area contributed by atoms with E-state index in [1.807, 2.05) is 25.1 Å².